The van der Waals surface area contributed by atoms with E-state index in [-0.39, 0.29) is 15.4 Å². The van der Waals surface area contributed by atoms with Gasteiger partial charge in [0.25, 0.3) is 5.91 Å². The van der Waals surface area contributed by atoms with E-state index in [0.717, 1.165) is 0 Å². The first kappa shape index (κ1) is 11.4. The summed E-state index contributed by atoms with van der Waals surface area (Å²) in [5, 5.41) is 5.57. The average Bonchev–Trinajstić information content (AvgIpc) is 2.49. The molecule has 0 radical (unpaired) electrons. The summed E-state index contributed by atoms with van der Waals surface area (Å²) in [4.78, 5) is 11.2. The fraction of sp³-hybridized carbons (Fsp3) is 0.143. The van der Waals surface area contributed by atoms with Crippen LogP contribution in [0.25, 0.3) is 0 Å². The molecule has 0 aliphatic rings. The molecular formula is C7H5Cl3N2O2. The summed E-state index contributed by atoms with van der Waals surface area (Å²) in [5.74, 6) is -0.469. The van der Waals surface area contributed by atoms with Gasteiger partial charge in [-0.3, -0.25) is 10.1 Å². The number of halogens is 3. The van der Waals surface area contributed by atoms with E-state index < -0.39 is 5.91 Å². The van der Waals surface area contributed by atoms with Crippen LogP contribution >= 0.6 is 34.8 Å². The lowest BCUT2D eigenvalue weighted by atomic mass is 10.4. The summed E-state index contributed by atoms with van der Waals surface area (Å²) in [6.45, 7) is 1.71. The van der Waals surface area contributed by atoms with Crippen LogP contribution in [-0.4, -0.2) is 11.1 Å². The van der Waals surface area contributed by atoms with Crippen LogP contribution in [0.15, 0.2) is 20.1 Å². The van der Waals surface area contributed by atoms with Crippen LogP contribution in [0.2, 0.25) is 0 Å². The number of carbonyl (C=O) groups is 1. The smallest absolute Gasteiger partial charge is 0.272 e. The van der Waals surface area contributed by atoms with Crippen molar-refractivity contribution in [1.29, 1.82) is 0 Å². The van der Waals surface area contributed by atoms with Crippen molar-refractivity contribution < 1.29 is 9.32 Å². The fourth-order valence-electron chi connectivity index (χ4n) is 0.675. The molecule has 1 aromatic heterocycles. The predicted molar refractivity (Wildman–Crippen MR) is 54.5 cm³/mol. The van der Waals surface area contributed by atoms with Gasteiger partial charge in [0.05, 0.1) is 5.69 Å². The van der Waals surface area contributed by atoms with Gasteiger partial charge in [-0.1, -0.05) is 40.0 Å². The third-order valence-corrected chi connectivity index (χ3v) is 2.16. The Kier molecular flexibility index (Phi) is 3.80. The van der Waals surface area contributed by atoms with E-state index in [9.17, 15) is 4.79 Å². The van der Waals surface area contributed by atoms with Gasteiger partial charge in [-0.05, 0) is 6.92 Å². The van der Waals surface area contributed by atoms with Gasteiger partial charge in [0.1, 0.15) is 9.52 Å². The maximum atomic E-state index is 11.2. The zero-order valence-corrected chi connectivity index (χ0v) is 9.24. The quantitative estimate of drug-likeness (QED) is 0.827. The third-order valence-electron chi connectivity index (χ3n) is 1.23. The molecule has 0 atom stereocenters. The molecule has 14 heavy (non-hydrogen) atoms. The summed E-state index contributed by atoms with van der Waals surface area (Å²) in [7, 11) is 0. The van der Waals surface area contributed by atoms with Gasteiger partial charge in [0.15, 0.2) is 0 Å². The third kappa shape index (κ3) is 2.90. The lowest BCUT2D eigenvalue weighted by molar-refractivity contribution is -0.112. The summed E-state index contributed by atoms with van der Waals surface area (Å²) >= 11 is 16.1. The number of aromatic nitrogens is 1. The predicted octanol–water partition coefficient (Wildman–Crippen LogP) is 2.81. The monoisotopic (exact) mass is 254 g/mol. The van der Waals surface area contributed by atoms with E-state index in [1.54, 1.807) is 6.92 Å². The van der Waals surface area contributed by atoms with Gasteiger partial charge in [-0.25, -0.2) is 0 Å². The molecule has 1 rings (SSSR count). The van der Waals surface area contributed by atoms with E-state index >= 15 is 0 Å². The van der Waals surface area contributed by atoms with Crippen molar-refractivity contribution in [3.63, 3.8) is 0 Å². The van der Waals surface area contributed by atoms with E-state index in [1.165, 1.54) is 6.07 Å². The van der Waals surface area contributed by atoms with Gasteiger partial charge in [0, 0.05) is 6.07 Å². The second-order valence-electron chi connectivity index (χ2n) is 2.36. The number of nitrogens with one attached hydrogen (secondary N) is 1. The minimum absolute atomic E-state index is 0.181. The Hall–Kier alpha value is -0.710. The van der Waals surface area contributed by atoms with Gasteiger partial charge >= 0.3 is 0 Å². The molecule has 0 aromatic carbocycles. The number of aryl methyl sites for hydroxylation is 1. The molecule has 1 heterocycles. The molecule has 7 heteroatoms. The van der Waals surface area contributed by atoms with Crippen molar-refractivity contribution in [2.75, 3.05) is 5.32 Å². The Labute approximate surface area is 94.8 Å². The maximum absolute atomic E-state index is 11.2. The molecule has 0 saturated carbocycles. The van der Waals surface area contributed by atoms with E-state index in [2.05, 4.69) is 10.5 Å². The van der Waals surface area contributed by atoms with Crippen LogP contribution < -0.4 is 5.32 Å². The first-order chi connectivity index (χ1) is 6.50. The second kappa shape index (κ2) is 4.68. The number of hydrogen-bond donors (Lipinski definition) is 1. The summed E-state index contributed by atoms with van der Waals surface area (Å²) in [6, 6.07) is 1.53. The van der Waals surface area contributed by atoms with Crippen LogP contribution in [0.1, 0.15) is 5.69 Å². The molecule has 0 aliphatic heterocycles. The molecule has 4 nitrogen and oxygen atoms in total. The number of rotatable bonds is 2. The van der Waals surface area contributed by atoms with Crippen LogP contribution in [-0.2, 0) is 4.79 Å². The van der Waals surface area contributed by atoms with E-state index in [0.29, 0.717) is 5.69 Å². The lowest BCUT2D eigenvalue weighted by Crippen LogP contribution is -2.11. The summed E-state index contributed by atoms with van der Waals surface area (Å²) < 4.78 is 4.41. The molecule has 1 aromatic rings. The highest BCUT2D eigenvalue weighted by molar-refractivity contribution is 6.63. The topological polar surface area (TPSA) is 55.1 Å². The Morgan fingerprint density at radius 1 is 1.50 bits per heavy atom. The first-order valence-electron chi connectivity index (χ1n) is 3.46. The van der Waals surface area contributed by atoms with Crippen molar-refractivity contribution in [3.05, 3.63) is 21.3 Å². The highest BCUT2D eigenvalue weighted by Gasteiger charge is 2.12. The molecular weight excluding hydrogens is 250 g/mol. The zero-order chi connectivity index (χ0) is 10.7. The molecule has 0 aliphatic carbocycles. The maximum Gasteiger partial charge on any atom is 0.272 e. The van der Waals surface area contributed by atoms with Crippen LogP contribution in [0.3, 0.4) is 0 Å². The Bertz CT molecular complexity index is 382. The molecule has 0 spiro atoms. The van der Waals surface area contributed by atoms with Gasteiger partial charge in [-0.15, -0.1) is 0 Å². The number of amides is 1. The molecule has 0 bridgehead atoms. The minimum Gasteiger partial charge on any atom is -0.338 e. The number of nitrogens with zero attached hydrogens (tertiary/aromatic N) is 1. The van der Waals surface area contributed by atoms with Gasteiger partial charge in [0.2, 0.25) is 5.88 Å². The summed E-state index contributed by atoms with van der Waals surface area (Å²) in [6.07, 6.45) is 0. The van der Waals surface area contributed by atoms with Crippen molar-refractivity contribution in [2.45, 2.75) is 6.92 Å². The minimum atomic E-state index is -0.650. The zero-order valence-electron chi connectivity index (χ0n) is 6.97. The Balaban J connectivity index is 2.72. The van der Waals surface area contributed by atoms with Gasteiger partial charge in [-0.2, -0.15) is 0 Å². The highest BCUT2D eigenvalue weighted by Crippen LogP contribution is 2.19. The van der Waals surface area contributed by atoms with Crippen LogP contribution in [0.5, 0.6) is 0 Å². The molecule has 1 N–H and O–H groups in total. The highest BCUT2D eigenvalue weighted by atomic mass is 35.5. The lowest BCUT2D eigenvalue weighted by Gasteiger charge is -1.98. The number of carbonyl (C=O) groups excluding carboxylic acids is 1. The van der Waals surface area contributed by atoms with Gasteiger partial charge < -0.3 is 4.52 Å². The average molecular weight is 255 g/mol. The molecule has 1 amide bonds. The molecule has 0 unspecified atom stereocenters. The summed E-state index contributed by atoms with van der Waals surface area (Å²) in [5.41, 5.74) is 0.636. The molecule has 0 saturated heterocycles. The number of hydrogen-bond acceptors (Lipinski definition) is 3. The van der Waals surface area contributed by atoms with E-state index in [4.69, 9.17) is 39.3 Å². The Morgan fingerprint density at radius 3 is 2.57 bits per heavy atom. The van der Waals surface area contributed by atoms with Crippen LogP contribution in [0, 0.1) is 6.92 Å². The first-order valence-corrected chi connectivity index (χ1v) is 4.59. The SMILES string of the molecule is Cc1cc(NC(=O)C(Cl)=C(Cl)Cl)on1. The number of anilines is 1. The molecule has 0 fully saturated rings. The standard InChI is InChI=1S/C7H5Cl3N2O2/c1-3-2-4(14-12-3)11-7(13)5(8)6(9)10/h2H,1H3,(H,11,13). The van der Waals surface area contributed by atoms with Crippen molar-refractivity contribution in [1.82, 2.24) is 5.16 Å². The molecule has 76 valence electrons. The van der Waals surface area contributed by atoms with Crippen molar-refractivity contribution in [3.8, 4) is 0 Å². The van der Waals surface area contributed by atoms with Crippen molar-refractivity contribution in [2.24, 2.45) is 0 Å². The fourth-order valence-corrected chi connectivity index (χ4v) is 0.894. The van der Waals surface area contributed by atoms with Crippen LogP contribution in [0.4, 0.5) is 5.88 Å². The Morgan fingerprint density at radius 2 is 2.14 bits per heavy atom. The second-order valence-corrected chi connectivity index (χ2v) is 3.69. The largest absolute Gasteiger partial charge is 0.338 e. The van der Waals surface area contributed by atoms with E-state index in [1.807, 2.05) is 0 Å². The van der Waals surface area contributed by atoms with Crippen molar-refractivity contribution >= 4 is 46.6 Å². The normalized spacial score (nSPS) is 9.71.